The van der Waals surface area contributed by atoms with Gasteiger partial charge in [0.25, 0.3) is 11.8 Å². The minimum atomic E-state index is -0.374. The summed E-state index contributed by atoms with van der Waals surface area (Å²) >= 11 is 1.30. The number of carbonyl (C=O) groups is 2. The second kappa shape index (κ2) is 9.32. The van der Waals surface area contributed by atoms with E-state index >= 15 is 0 Å². The number of aryl methyl sites for hydroxylation is 2. The van der Waals surface area contributed by atoms with Gasteiger partial charge < -0.3 is 10.1 Å². The molecule has 1 aliphatic rings. The number of rotatable bonds is 7. The zero-order chi connectivity index (χ0) is 22.7. The molecule has 3 aromatic carbocycles. The Morgan fingerprint density at radius 2 is 1.59 bits per heavy atom. The lowest BCUT2D eigenvalue weighted by atomic mass is 10.1. The minimum absolute atomic E-state index is 0.289. The topological polar surface area (TPSA) is 58.6 Å². The average molecular weight is 445 g/mol. The zero-order valence-corrected chi connectivity index (χ0v) is 19.0. The summed E-state index contributed by atoms with van der Waals surface area (Å²) in [6.07, 6.45) is 0.807. The smallest absolute Gasteiger partial charge is 0.283 e. The molecule has 0 aliphatic carbocycles. The van der Waals surface area contributed by atoms with Crippen molar-refractivity contribution in [3.8, 4) is 5.75 Å². The van der Waals surface area contributed by atoms with Crippen molar-refractivity contribution in [1.29, 1.82) is 0 Å². The second-order valence-corrected chi connectivity index (χ2v) is 8.48. The molecule has 0 radical (unpaired) electrons. The number of imide groups is 1. The lowest BCUT2D eigenvalue weighted by Crippen LogP contribution is -2.32. The lowest BCUT2D eigenvalue weighted by molar-refractivity contribution is -0.120. The maximum Gasteiger partial charge on any atom is 0.283 e. The number of ether oxygens (including phenoxy) is 1. The molecule has 1 aliphatic heterocycles. The van der Waals surface area contributed by atoms with Crippen LogP contribution in [0, 0.1) is 6.92 Å². The first-order chi connectivity index (χ1) is 15.5. The van der Waals surface area contributed by atoms with Crippen molar-refractivity contribution in [2.24, 2.45) is 0 Å². The van der Waals surface area contributed by atoms with Gasteiger partial charge in [-0.05, 0) is 61.4 Å². The molecule has 4 rings (SSSR count). The fraction of sp³-hybridized carbons (Fsp3) is 0.154. The Kier molecular flexibility index (Phi) is 6.32. The van der Waals surface area contributed by atoms with Crippen LogP contribution in [-0.4, -0.2) is 18.9 Å². The van der Waals surface area contributed by atoms with Crippen LogP contribution in [0.15, 0.2) is 88.3 Å². The zero-order valence-electron chi connectivity index (χ0n) is 18.2. The van der Waals surface area contributed by atoms with Crippen LogP contribution in [0.3, 0.4) is 0 Å². The van der Waals surface area contributed by atoms with Crippen LogP contribution in [0.25, 0.3) is 0 Å². The fourth-order valence-electron chi connectivity index (χ4n) is 3.49. The number of hydrogen-bond donors (Lipinski definition) is 1. The van der Waals surface area contributed by atoms with E-state index in [1.807, 2.05) is 55.5 Å². The molecule has 162 valence electrons. The molecular weight excluding hydrogens is 420 g/mol. The highest BCUT2D eigenvalue weighted by atomic mass is 32.2. The van der Waals surface area contributed by atoms with Crippen molar-refractivity contribution < 1.29 is 14.3 Å². The number of benzene rings is 3. The standard InChI is InChI=1S/C26H24N2O3S/c1-4-18-7-5-6-8-22(18)27-23-24(32-21-15-9-17(2)10-16-21)26(30)28(25(23)29)19-11-13-20(31-3)14-12-19/h5-16,27H,4H2,1-3H3. The highest BCUT2D eigenvalue weighted by Crippen LogP contribution is 2.38. The predicted octanol–water partition coefficient (Wildman–Crippen LogP) is 5.56. The third kappa shape index (κ3) is 4.27. The van der Waals surface area contributed by atoms with Crippen LogP contribution in [0.4, 0.5) is 11.4 Å². The van der Waals surface area contributed by atoms with E-state index in [-0.39, 0.29) is 17.5 Å². The van der Waals surface area contributed by atoms with Crippen molar-refractivity contribution in [3.05, 3.63) is 94.5 Å². The van der Waals surface area contributed by atoms with Gasteiger partial charge in [0.2, 0.25) is 0 Å². The maximum absolute atomic E-state index is 13.5. The summed E-state index contributed by atoms with van der Waals surface area (Å²) in [7, 11) is 1.58. The van der Waals surface area contributed by atoms with Gasteiger partial charge in [-0.3, -0.25) is 9.59 Å². The van der Waals surface area contributed by atoms with E-state index in [2.05, 4.69) is 12.2 Å². The van der Waals surface area contributed by atoms with E-state index in [1.165, 1.54) is 16.7 Å². The number of carbonyl (C=O) groups excluding carboxylic acids is 2. The van der Waals surface area contributed by atoms with Gasteiger partial charge in [0, 0.05) is 10.6 Å². The molecule has 2 amide bonds. The highest BCUT2D eigenvalue weighted by molar-refractivity contribution is 8.04. The molecule has 1 heterocycles. The largest absolute Gasteiger partial charge is 0.497 e. The molecule has 3 aromatic rings. The first kappa shape index (κ1) is 21.7. The molecule has 0 spiro atoms. The van der Waals surface area contributed by atoms with Gasteiger partial charge in [0.15, 0.2) is 0 Å². The molecule has 32 heavy (non-hydrogen) atoms. The highest BCUT2D eigenvalue weighted by Gasteiger charge is 2.40. The summed E-state index contributed by atoms with van der Waals surface area (Å²) < 4.78 is 5.21. The minimum Gasteiger partial charge on any atom is -0.497 e. The van der Waals surface area contributed by atoms with E-state index in [1.54, 1.807) is 31.4 Å². The summed E-state index contributed by atoms with van der Waals surface area (Å²) in [5.74, 6) is -0.0619. The quantitative estimate of drug-likeness (QED) is 0.484. The van der Waals surface area contributed by atoms with Gasteiger partial charge in [-0.25, -0.2) is 4.90 Å². The van der Waals surface area contributed by atoms with E-state index in [0.717, 1.165) is 28.1 Å². The summed E-state index contributed by atoms with van der Waals surface area (Å²) in [5.41, 5.74) is 3.82. The number of nitrogens with zero attached hydrogens (tertiary/aromatic N) is 1. The van der Waals surface area contributed by atoms with Crippen LogP contribution in [-0.2, 0) is 16.0 Å². The summed E-state index contributed by atoms with van der Waals surface area (Å²) in [4.78, 5) is 29.4. The Bertz CT molecular complexity index is 1180. The molecule has 6 heteroatoms. The number of para-hydroxylation sites is 1. The van der Waals surface area contributed by atoms with E-state index in [0.29, 0.717) is 16.3 Å². The van der Waals surface area contributed by atoms with E-state index in [9.17, 15) is 9.59 Å². The summed E-state index contributed by atoms with van der Waals surface area (Å²) in [6, 6.07) is 22.6. The first-order valence-electron chi connectivity index (χ1n) is 10.4. The molecule has 0 fully saturated rings. The van der Waals surface area contributed by atoms with Gasteiger partial charge in [-0.15, -0.1) is 0 Å². The van der Waals surface area contributed by atoms with Gasteiger partial charge in [0.1, 0.15) is 16.4 Å². The average Bonchev–Trinajstić information content (AvgIpc) is 3.05. The number of anilines is 2. The molecule has 0 saturated carbocycles. The number of amides is 2. The van der Waals surface area contributed by atoms with Crippen LogP contribution >= 0.6 is 11.8 Å². The summed E-state index contributed by atoms with van der Waals surface area (Å²) in [5, 5.41) is 3.27. The van der Waals surface area contributed by atoms with E-state index < -0.39 is 0 Å². The first-order valence-corrected chi connectivity index (χ1v) is 11.2. The second-order valence-electron chi connectivity index (χ2n) is 7.40. The Labute approximate surface area is 192 Å². The fourth-order valence-corrected chi connectivity index (χ4v) is 4.42. The third-order valence-electron chi connectivity index (χ3n) is 5.27. The Morgan fingerprint density at radius 3 is 2.25 bits per heavy atom. The Hall–Kier alpha value is -3.51. The van der Waals surface area contributed by atoms with E-state index in [4.69, 9.17) is 4.74 Å². The van der Waals surface area contributed by atoms with Crippen LogP contribution in [0.2, 0.25) is 0 Å². The van der Waals surface area contributed by atoms with Crippen LogP contribution < -0.4 is 15.0 Å². The van der Waals surface area contributed by atoms with Gasteiger partial charge in [-0.1, -0.05) is 54.6 Å². The number of hydrogen-bond acceptors (Lipinski definition) is 5. The van der Waals surface area contributed by atoms with Crippen molar-refractivity contribution in [2.75, 3.05) is 17.3 Å². The number of methoxy groups -OCH3 is 1. The van der Waals surface area contributed by atoms with Gasteiger partial charge >= 0.3 is 0 Å². The van der Waals surface area contributed by atoms with Crippen molar-refractivity contribution in [1.82, 2.24) is 0 Å². The maximum atomic E-state index is 13.5. The molecule has 0 atom stereocenters. The molecule has 0 bridgehead atoms. The Morgan fingerprint density at radius 1 is 0.906 bits per heavy atom. The van der Waals surface area contributed by atoms with Crippen molar-refractivity contribution in [3.63, 3.8) is 0 Å². The monoisotopic (exact) mass is 444 g/mol. The van der Waals surface area contributed by atoms with Crippen LogP contribution in [0.5, 0.6) is 5.75 Å². The molecule has 1 N–H and O–H groups in total. The van der Waals surface area contributed by atoms with Crippen LogP contribution in [0.1, 0.15) is 18.1 Å². The summed E-state index contributed by atoms with van der Waals surface area (Å²) in [6.45, 7) is 4.07. The van der Waals surface area contributed by atoms with Crippen molar-refractivity contribution >= 4 is 35.0 Å². The molecule has 0 saturated heterocycles. The molecule has 0 aromatic heterocycles. The normalized spacial score (nSPS) is 13.7. The Balaban J connectivity index is 1.74. The SMILES string of the molecule is CCc1ccccc1NC1=C(Sc2ccc(C)cc2)C(=O)N(c2ccc(OC)cc2)C1=O. The number of thioether (sulfide) groups is 1. The lowest BCUT2D eigenvalue weighted by Gasteiger charge is -2.16. The number of nitrogens with one attached hydrogen (secondary N) is 1. The molecule has 5 nitrogen and oxygen atoms in total. The van der Waals surface area contributed by atoms with Gasteiger partial charge in [-0.2, -0.15) is 0 Å². The van der Waals surface area contributed by atoms with Crippen molar-refractivity contribution in [2.45, 2.75) is 25.2 Å². The molecule has 0 unspecified atom stereocenters. The predicted molar refractivity (Wildman–Crippen MR) is 129 cm³/mol. The van der Waals surface area contributed by atoms with Gasteiger partial charge in [0.05, 0.1) is 12.8 Å². The molecular formula is C26H24N2O3S. The third-order valence-corrected chi connectivity index (χ3v) is 6.36.